The molecule has 0 fully saturated rings. The molecule has 6 heteroatoms. The van der Waals surface area contributed by atoms with Gasteiger partial charge < -0.3 is 9.72 Å². The second-order valence-electron chi connectivity index (χ2n) is 4.28. The SMILES string of the molecule is CCOC(=O)c1cc(S(C)(=O)=O)c(-c2ccccc2)[nH]1. The van der Waals surface area contributed by atoms with Gasteiger partial charge in [0.15, 0.2) is 9.84 Å². The van der Waals surface area contributed by atoms with Crippen molar-refractivity contribution in [1.29, 1.82) is 0 Å². The minimum absolute atomic E-state index is 0.0896. The van der Waals surface area contributed by atoms with E-state index in [1.165, 1.54) is 6.07 Å². The van der Waals surface area contributed by atoms with Gasteiger partial charge in [0.25, 0.3) is 0 Å². The van der Waals surface area contributed by atoms with Gasteiger partial charge in [-0.3, -0.25) is 0 Å². The normalized spacial score (nSPS) is 11.3. The van der Waals surface area contributed by atoms with Gasteiger partial charge in [-0.05, 0) is 18.6 Å². The summed E-state index contributed by atoms with van der Waals surface area (Å²) in [5.74, 6) is -0.570. The van der Waals surface area contributed by atoms with Crippen molar-refractivity contribution in [2.24, 2.45) is 0 Å². The molecule has 0 aliphatic carbocycles. The first-order valence-electron chi connectivity index (χ1n) is 6.09. The fraction of sp³-hybridized carbons (Fsp3) is 0.214. The third kappa shape index (κ3) is 2.91. The van der Waals surface area contributed by atoms with E-state index in [9.17, 15) is 13.2 Å². The molecule has 0 saturated carbocycles. The highest BCUT2D eigenvalue weighted by Gasteiger charge is 2.21. The zero-order chi connectivity index (χ0) is 14.8. The van der Waals surface area contributed by atoms with Crippen LogP contribution in [0.25, 0.3) is 11.3 Å². The molecule has 1 aromatic carbocycles. The quantitative estimate of drug-likeness (QED) is 0.877. The lowest BCUT2D eigenvalue weighted by molar-refractivity contribution is 0.0520. The van der Waals surface area contributed by atoms with E-state index in [1.807, 2.05) is 6.07 Å². The first-order chi connectivity index (χ1) is 9.43. The molecule has 0 spiro atoms. The first-order valence-corrected chi connectivity index (χ1v) is 7.98. The number of hydrogen-bond donors (Lipinski definition) is 1. The van der Waals surface area contributed by atoms with Gasteiger partial charge in [0.2, 0.25) is 0 Å². The van der Waals surface area contributed by atoms with Crippen molar-refractivity contribution in [3.63, 3.8) is 0 Å². The largest absolute Gasteiger partial charge is 0.461 e. The lowest BCUT2D eigenvalue weighted by Gasteiger charge is -2.02. The average Bonchev–Trinajstić information content (AvgIpc) is 2.85. The van der Waals surface area contributed by atoms with Gasteiger partial charge in [-0.25, -0.2) is 13.2 Å². The Bertz CT molecular complexity index is 717. The van der Waals surface area contributed by atoms with Gasteiger partial charge in [0.05, 0.1) is 17.2 Å². The van der Waals surface area contributed by atoms with Gasteiger partial charge in [-0.1, -0.05) is 30.3 Å². The van der Waals surface area contributed by atoms with Crippen LogP contribution in [0.15, 0.2) is 41.3 Å². The summed E-state index contributed by atoms with van der Waals surface area (Å²) in [6.45, 7) is 1.92. The number of benzene rings is 1. The minimum Gasteiger partial charge on any atom is -0.461 e. The summed E-state index contributed by atoms with van der Waals surface area (Å²) in [4.78, 5) is 14.6. The molecule has 106 valence electrons. The molecule has 1 heterocycles. The molecule has 1 aromatic heterocycles. The van der Waals surface area contributed by atoms with Crippen LogP contribution in [0.3, 0.4) is 0 Å². The monoisotopic (exact) mass is 293 g/mol. The second kappa shape index (κ2) is 5.50. The van der Waals surface area contributed by atoms with Crippen molar-refractivity contribution in [3.05, 3.63) is 42.1 Å². The highest BCUT2D eigenvalue weighted by Crippen LogP contribution is 2.27. The van der Waals surface area contributed by atoms with Crippen molar-refractivity contribution in [2.45, 2.75) is 11.8 Å². The molecule has 0 bridgehead atoms. The Morgan fingerprint density at radius 1 is 1.25 bits per heavy atom. The van der Waals surface area contributed by atoms with E-state index in [-0.39, 0.29) is 17.2 Å². The van der Waals surface area contributed by atoms with Crippen LogP contribution < -0.4 is 0 Å². The molecule has 5 nitrogen and oxygen atoms in total. The van der Waals surface area contributed by atoms with Gasteiger partial charge in [0, 0.05) is 6.26 Å². The molecular formula is C14H15NO4S. The zero-order valence-corrected chi connectivity index (χ0v) is 12.0. The molecule has 0 radical (unpaired) electrons. The van der Waals surface area contributed by atoms with E-state index in [4.69, 9.17) is 4.74 Å². The van der Waals surface area contributed by atoms with Gasteiger partial charge in [-0.15, -0.1) is 0 Å². The Labute approximate surface area is 117 Å². The number of hydrogen-bond acceptors (Lipinski definition) is 4. The van der Waals surface area contributed by atoms with E-state index in [2.05, 4.69) is 4.98 Å². The third-order valence-electron chi connectivity index (χ3n) is 2.74. The predicted molar refractivity (Wildman–Crippen MR) is 75.3 cm³/mol. The fourth-order valence-electron chi connectivity index (χ4n) is 1.87. The summed E-state index contributed by atoms with van der Waals surface area (Å²) in [5.41, 5.74) is 1.23. The average molecular weight is 293 g/mol. The number of aromatic nitrogens is 1. The maximum atomic E-state index is 11.8. The lowest BCUT2D eigenvalue weighted by Crippen LogP contribution is -2.04. The van der Waals surface area contributed by atoms with Crippen molar-refractivity contribution in [2.75, 3.05) is 12.9 Å². The Morgan fingerprint density at radius 2 is 1.90 bits per heavy atom. The van der Waals surface area contributed by atoms with Gasteiger partial charge in [0.1, 0.15) is 5.69 Å². The number of H-pyrrole nitrogens is 1. The van der Waals surface area contributed by atoms with Crippen LogP contribution in [0.4, 0.5) is 0 Å². The van der Waals surface area contributed by atoms with Crippen molar-refractivity contribution in [1.82, 2.24) is 4.98 Å². The van der Waals surface area contributed by atoms with Crippen molar-refractivity contribution >= 4 is 15.8 Å². The Balaban J connectivity index is 2.58. The molecule has 0 unspecified atom stereocenters. The van der Waals surface area contributed by atoms with Gasteiger partial charge >= 0.3 is 5.97 Å². The number of carbonyl (C=O) groups excluding carboxylic acids is 1. The Hall–Kier alpha value is -2.08. The standard InChI is InChI=1S/C14H15NO4S/c1-3-19-14(16)11-9-12(20(2,17)18)13(15-11)10-7-5-4-6-8-10/h4-9,15H,3H2,1-2H3. The highest BCUT2D eigenvalue weighted by atomic mass is 32.2. The van der Waals surface area contributed by atoms with Gasteiger partial charge in [-0.2, -0.15) is 0 Å². The van der Waals surface area contributed by atoms with Crippen LogP contribution in [0.1, 0.15) is 17.4 Å². The molecule has 0 aliphatic heterocycles. The van der Waals surface area contributed by atoms with Crippen LogP contribution in [0.5, 0.6) is 0 Å². The molecular weight excluding hydrogens is 278 g/mol. The molecule has 0 amide bonds. The highest BCUT2D eigenvalue weighted by molar-refractivity contribution is 7.90. The number of rotatable bonds is 4. The number of nitrogens with one attached hydrogen (secondary N) is 1. The summed E-state index contributed by atoms with van der Waals surface area (Å²) in [6.07, 6.45) is 1.11. The molecule has 2 rings (SSSR count). The van der Waals surface area contributed by atoms with E-state index in [0.29, 0.717) is 11.3 Å². The number of aromatic amines is 1. The molecule has 1 N–H and O–H groups in total. The minimum atomic E-state index is -3.45. The fourth-order valence-corrected chi connectivity index (χ4v) is 2.74. The van der Waals surface area contributed by atoms with E-state index in [0.717, 1.165) is 6.26 Å². The predicted octanol–water partition coefficient (Wildman–Crippen LogP) is 2.26. The molecule has 2 aromatic rings. The maximum absolute atomic E-state index is 11.8. The summed E-state index contributed by atoms with van der Waals surface area (Å²) >= 11 is 0. The summed E-state index contributed by atoms with van der Waals surface area (Å²) in [7, 11) is -3.45. The van der Waals surface area contributed by atoms with E-state index in [1.54, 1.807) is 31.2 Å². The van der Waals surface area contributed by atoms with Crippen molar-refractivity contribution < 1.29 is 17.9 Å². The molecule has 0 aliphatic rings. The zero-order valence-electron chi connectivity index (χ0n) is 11.2. The molecule has 0 atom stereocenters. The van der Waals surface area contributed by atoms with Crippen LogP contribution >= 0.6 is 0 Å². The second-order valence-corrected chi connectivity index (χ2v) is 6.27. The Morgan fingerprint density at radius 3 is 2.45 bits per heavy atom. The molecule has 0 saturated heterocycles. The van der Waals surface area contributed by atoms with Crippen LogP contribution in [-0.2, 0) is 14.6 Å². The summed E-state index contributed by atoms with van der Waals surface area (Å²) in [6, 6.07) is 10.3. The van der Waals surface area contributed by atoms with E-state index < -0.39 is 15.8 Å². The van der Waals surface area contributed by atoms with Crippen LogP contribution in [0, 0.1) is 0 Å². The number of sulfone groups is 1. The number of esters is 1. The summed E-state index contributed by atoms with van der Waals surface area (Å²) in [5, 5.41) is 0. The number of ether oxygens (including phenoxy) is 1. The maximum Gasteiger partial charge on any atom is 0.354 e. The summed E-state index contributed by atoms with van der Waals surface area (Å²) < 4.78 is 28.6. The van der Waals surface area contributed by atoms with Crippen molar-refractivity contribution in [3.8, 4) is 11.3 Å². The van der Waals surface area contributed by atoms with Crippen LogP contribution in [-0.4, -0.2) is 32.2 Å². The topological polar surface area (TPSA) is 76.2 Å². The van der Waals surface area contributed by atoms with E-state index >= 15 is 0 Å². The smallest absolute Gasteiger partial charge is 0.354 e. The number of carbonyl (C=O) groups is 1. The first kappa shape index (κ1) is 14.3. The Kier molecular flexibility index (Phi) is 3.94. The molecule has 20 heavy (non-hydrogen) atoms. The third-order valence-corrected chi connectivity index (χ3v) is 3.86. The van der Waals surface area contributed by atoms with Crippen LogP contribution in [0.2, 0.25) is 0 Å². The lowest BCUT2D eigenvalue weighted by atomic mass is 10.2.